The van der Waals surface area contributed by atoms with Gasteiger partial charge in [-0.25, -0.2) is 0 Å². The van der Waals surface area contributed by atoms with Gasteiger partial charge in [0, 0.05) is 19.6 Å². The van der Waals surface area contributed by atoms with E-state index < -0.39 is 0 Å². The zero-order chi connectivity index (χ0) is 15.6. The molecule has 0 N–H and O–H groups in total. The molecule has 122 valence electrons. The van der Waals surface area contributed by atoms with Crippen LogP contribution in [0.5, 0.6) is 0 Å². The van der Waals surface area contributed by atoms with Gasteiger partial charge >= 0.3 is 0 Å². The van der Waals surface area contributed by atoms with Gasteiger partial charge in [0.25, 0.3) is 5.91 Å². The summed E-state index contributed by atoms with van der Waals surface area (Å²) in [7, 11) is 0. The molecule has 0 unspecified atom stereocenters. The summed E-state index contributed by atoms with van der Waals surface area (Å²) in [6.45, 7) is 1.51. The minimum atomic E-state index is -0.141. The molecule has 1 saturated carbocycles. The maximum absolute atomic E-state index is 12.9. The summed E-state index contributed by atoms with van der Waals surface area (Å²) < 4.78 is 5.90. The predicted molar refractivity (Wildman–Crippen MR) is 86.0 cm³/mol. The second-order valence-corrected chi connectivity index (χ2v) is 6.51. The monoisotopic (exact) mass is 314 g/mol. The summed E-state index contributed by atoms with van der Waals surface area (Å²) in [6.07, 6.45) is 4.74. The van der Waals surface area contributed by atoms with Crippen LogP contribution >= 0.6 is 0 Å². The van der Waals surface area contributed by atoms with Crippen molar-refractivity contribution in [1.82, 2.24) is 4.90 Å². The first-order valence-electron chi connectivity index (χ1n) is 8.53. The fourth-order valence-electron chi connectivity index (χ4n) is 3.86. The third kappa shape index (κ3) is 2.85. The molecule has 1 aromatic rings. The quantitative estimate of drug-likeness (QED) is 0.843. The molecule has 0 bridgehead atoms. The van der Waals surface area contributed by atoms with E-state index in [1.165, 1.54) is 0 Å². The van der Waals surface area contributed by atoms with Crippen LogP contribution in [0.2, 0.25) is 0 Å². The van der Waals surface area contributed by atoms with E-state index in [0.717, 1.165) is 44.4 Å². The van der Waals surface area contributed by atoms with Crippen molar-refractivity contribution < 1.29 is 14.4 Å². The number of fused-ring (bicyclic) bond motifs is 1. The Morgan fingerprint density at radius 2 is 2.04 bits per heavy atom. The SMILES string of the molecule is O=C(C1=NO[C@H](c2ccccc2)C1)N1CCCO[C@@H]2CCC[C@@H]21. The Labute approximate surface area is 136 Å². The van der Waals surface area contributed by atoms with Crippen LogP contribution in [0.3, 0.4) is 0 Å². The summed E-state index contributed by atoms with van der Waals surface area (Å²) in [5.74, 6) is 0.0332. The number of ether oxygens (including phenoxy) is 1. The molecule has 1 saturated heterocycles. The first-order valence-corrected chi connectivity index (χ1v) is 8.53. The van der Waals surface area contributed by atoms with Crippen LogP contribution in [-0.2, 0) is 14.4 Å². The smallest absolute Gasteiger partial charge is 0.272 e. The molecule has 0 aromatic heterocycles. The second kappa shape index (κ2) is 6.32. The van der Waals surface area contributed by atoms with Crippen LogP contribution in [0.25, 0.3) is 0 Å². The van der Waals surface area contributed by atoms with Crippen molar-refractivity contribution >= 4 is 11.6 Å². The number of benzene rings is 1. The maximum atomic E-state index is 12.9. The van der Waals surface area contributed by atoms with Gasteiger partial charge in [0.15, 0.2) is 6.10 Å². The number of hydrogen-bond donors (Lipinski definition) is 0. The van der Waals surface area contributed by atoms with Crippen molar-refractivity contribution in [2.24, 2.45) is 5.16 Å². The largest absolute Gasteiger partial charge is 0.387 e. The zero-order valence-electron chi connectivity index (χ0n) is 13.2. The molecule has 23 heavy (non-hydrogen) atoms. The molecule has 3 aliphatic rings. The van der Waals surface area contributed by atoms with Crippen molar-refractivity contribution in [1.29, 1.82) is 0 Å². The van der Waals surface area contributed by atoms with E-state index in [1.807, 2.05) is 35.2 Å². The zero-order valence-corrected chi connectivity index (χ0v) is 13.2. The van der Waals surface area contributed by atoms with Crippen LogP contribution in [0.15, 0.2) is 35.5 Å². The molecule has 1 aromatic carbocycles. The molecule has 2 heterocycles. The lowest BCUT2D eigenvalue weighted by Gasteiger charge is -2.29. The fraction of sp³-hybridized carbons (Fsp3) is 0.556. The Bertz CT molecular complexity index is 602. The van der Waals surface area contributed by atoms with E-state index in [1.54, 1.807) is 0 Å². The highest BCUT2D eigenvalue weighted by Crippen LogP contribution is 2.32. The minimum absolute atomic E-state index is 0.0332. The van der Waals surface area contributed by atoms with Gasteiger partial charge in [0.2, 0.25) is 0 Å². The Balaban J connectivity index is 1.46. The van der Waals surface area contributed by atoms with Gasteiger partial charge in [-0.05, 0) is 31.2 Å². The van der Waals surface area contributed by atoms with Crippen molar-refractivity contribution in [2.75, 3.05) is 13.2 Å². The van der Waals surface area contributed by atoms with E-state index in [-0.39, 0.29) is 24.2 Å². The lowest BCUT2D eigenvalue weighted by atomic mass is 10.0. The summed E-state index contributed by atoms with van der Waals surface area (Å²) >= 11 is 0. The average Bonchev–Trinajstić information content (AvgIpc) is 3.21. The van der Waals surface area contributed by atoms with E-state index in [0.29, 0.717) is 12.1 Å². The van der Waals surface area contributed by atoms with Gasteiger partial charge in [0.05, 0.1) is 12.1 Å². The minimum Gasteiger partial charge on any atom is -0.387 e. The van der Waals surface area contributed by atoms with E-state index in [9.17, 15) is 4.79 Å². The normalized spacial score (nSPS) is 30.3. The van der Waals surface area contributed by atoms with Gasteiger partial charge in [-0.1, -0.05) is 35.5 Å². The predicted octanol–water partition coefficient (Wildman–Crippen LogP) is 2.67. The van der Waals surface area contributed by atoms with Crippen molar-refractivity contribution in [2.45, 2.75) is 50.4 Å². The Morgan fingerprint density at radius 1 is 1.17 bits per heavy atom. The molecule has 2 fully saturated rings. The maximum Gasteiger partial charge on any atom is 0.272 e. The first kappa shape index (κ1) is 14.7. The Kier molecular flexibility index (Phi) is 4.04. The fourth-order valence-corrected chi connectivity index (χ4v) is 3.86. The number of oxime groups is 1. The molecule has 0 radical (unpaired) electrons. The first-order chi connectivity index (χ1) is 11.3. The van der Waals surface area contributed by atoms with Crippen LogP contribution in [0.1, 0.15) is 43.8 Å². The van der Waals surface area contributed by atoms with Gasteiger partial charge in [0.1, 0.15) is 5.71 Å². The molecule has 2 aliphatic heterocycles. The molecule has 1 amide bonds. The summed E-state index contributed by atoms with van der Waals surface area (Å²) in [5.41, 5.74) is 1.61. The number of carbonyl (C=O) groups excluding carboxylic acids is 1. The average molecular weight is 314 g/mol. The van der Waals surface area contributed by atoms with Crippen molar-refractivity contribution in [3.05, 3.63) is 35.9 Å². The van der Waals surface area contributed by atoms with Gasteiger partial charge in [-0.15, -0.1) is 0 Å². The lowest BCUT2D eigenvalue weighted by Crippen LogP contribution is -2.46. The molecule has 0 spiro atoms. The molecular weight excluding hydrogens is 292 g/mol. The van der Waals surface area contributed by atoms with Crippen molar-refractivity contribution in [3.63, 3.8) is 0 Å². The van der Waals surface area contributed by atoms with E-state index in [2.05, 4.69) is 5.16 Å². The molecule has 5 nitrogen and oxygen atoms in total. The number of hydrogen-bond acceptors (Lipinski definition) is 4. The highest BCUT2D eigenvalue weighted by Gasteiger charge is 2.40. The van der Waals surface area contributed by atoms with Gasteiger partial charge < -0.3 is 14.5 Å². The van der Waals surface area contributed by atoms with Crippen LogP contribution in [-0.4, -0.2) is 41.8 Å². The number of rotatable bonds is 2. The summed E-state index contributed by atoms with van der Waals surface area (Å²) in [6, 6.07) is 10.2. The number of nitrogens with zero attached hydrogens (tertiary/aromatic N) is 2. The molecule has 3 atom stereocenters. The Hall–Kier alpha value is -1.88. The van der Waals surface area contributed by atoms with Gasteiger partial charge in [-0.2, -0.15) is 0 Å². The second-order valence-electron chi connectivity index (χ2n) is 6.51. The number of carbonyl (C=O) groups is 1. The standard InChI is InChI=1S/C18H22N2O3/c21-18(20-10-5-11-22-16-9-4-8-15(16)20)14-12-17(23-19-14)13-6-2-1-3-7-13/h1-3,6-7,15-17H,4-5,8-12H2/t15-,16+,17-/m0/s1. The van der Waals surface area contributed by atoms with Crippen LogP contribution < -0.4 is 0 Å². The lowest BCUT2D eigenvalue weighted by molar-refractivity contribution is -0.127. The molecule has 5 heteroatoms. The van der Waals surface area contributed by atoms with Crippen LogP contribution in [0.4, 0.5) is 0 Å². The summed E-state index contributed by atoms with van der Waals surface area (Å²) in [4.78, 5) is 20.4. The molecule has 4 rings (SSSR count). The summed E-state index contributed by atoms with van der Waals surface area (Å²) in [5, 5.41) is 4.10. The van der Waals surface area contributed by atoms with Crippen LogP contribution in [0, 0.1) is 0 Å². The topological polar surface area (TPSA) is 51.1 Å². The molecule has 1 aliphatic carbocycles. The van der Waals surface area contributed by atoms with E-state index in [4.69, 9.17) is 9.57 Å². The van der Waals surface area contributed by atoms with Crippen molar-refractivity contribution in [3.8, 4) is 0 Å². The Morgan fingerprint density at radius 3 is 2.91 bits per heavy atom. The van der Waals surface area contributed by atoms with E-state index >= 15 is 0 Å². The highest BCUT2D eigenvalue weighted by molar-refractivity contribution is 6.39. The number of amides is 1. The van der Waals surface area contributed by atoms with Gasteiger partial charge in [-0.3, -0.25) is 4.79 Å². The highest BCUT2D eigenvalue weighted by atomic mass is 16.6. The third-order valence-corrected chi connectivity index (χ3v) is 5.04. The molecular formula is C18H22N2O3. The third-order valence-electron chi connectivity index (χ3n) is 5.04.